The number of imidazole rings is 1. The van der Waals surface area contributed by atoms with Gasteiger partial charge in [-0.2, -0.15) is 0 Å². The van der Waals surface area contributed by atoms with Gasteiger partial charge in [0.25, 0.3) is 0 Å². The quantitative estimate of drug-likeness (QED) is 0.752. The van der Waals surface area contributed by atoms with E-state index >= 15 is 0 Å². The normalized spacial score (nSPS) is 24.9. The highest BCUT2D eigenvalue weighted by Gasteiger charge is 2.19. The van der Waals surface area contributed by atoms with E-state index in [-0.39, 0.29) is 0 Å². The van der Waals surface area contributed by atoms with Gasteiger partial charge in [-0.05, 0) is 42.4 Å². The lowest BCUT2D eigenvalue weighted by atomic mass is 10.1. The van der Waals surface area contributed by atoms with Crippen LogP contribution in [0.5, 0.6) is 0 Å². The molecule has 1 unspecified atom stereocenters. The SMILES string of the molecule is CN1CCCC(n2ccnc2Br)C1. The summed E-state index contributed by atoms with van der Waals surface area (Å²) in [4.78, 5) is 6.55. The Bertz CT molecular complexity index is 284. The molecule has 2 heterocycles. The molecule has 1 fully saturated rings. The van der Waals surface area contributed by atoms with Crippen molar-refractivity contribution in [1.82, 2.24) is 14.5 Å². The summed E-state index contributed by atoms with van der Waals surface area (Å²) in [6.07, 6.45) is 6.44. The van der Waals surface area contributed by atoms with E-state index < -0.39 is 0 Å². The highest BCUT2D eigenvalue weighted by molar-refractivity contribution is 9.10. The third-order valence-electron chi connectivity index (χ3n) is 2.61. The first-order valence-corrected chi connectivity index (χ1v) is 5.43. The molecule has 4 heteroatoms. The van der Waals surface area contributed by atoms with Gasteiger partial charge in [0, 0.05) is 25.0 Å². The van der Waals surface area contributed by atoms with Crippen LogP contribution in [0.1, 0.15) is 18.9 Å². The van der Waals surface area contributed by atoms with Crippen molar-refractivity contribution < 1.29 is 0 Å². The van der Waals surface area contributed by atoms with Crippen LogP contribution in [0.3, 0.4) is 0 Å². The Morgan fingerprint density at radius 2 is 2.46 bits per heavy atom. The van der Waals surface area contributed by atoms with Crippen LogP contribution in [0.4, 0.5) is 0 Å². The van der Waals surface area contributed by atoms with Crippen LogP contribution in [0.2, 0.25) is 0 Å². The van der Waals surface area contributed by atoms with Crippen molar-refractivity contribution in [3.05, 3.63) is 17.1 Å². The molecule has 0 radical (unpaired) electrons. The molecule has 0 saturated carbocycles. The lowest BCUT2D eigenvalue weighted by molar-refractivity contribution is 0.210. The average molecular weight is 244 g/mol. The molecule has 1 atom stereocenters. The average Bonchev–Trinajstić information content (AvgIpc) is 2.51. The van der Waals surface area contributed by atoms with E-state index in [1.807, 2.05) is 12.4 Å². The molecule has 1 aromatic heterocycles. The molecule has 1 aromatic rings. The monoisotopic (exact) mass is 243 g/mol. The molecule has 1 aliphatic heterocycles. The van der Waals surface area contributed by atoms with Crippen LogP contribution in [-0.4, -0.2) is 34.6 Å². The van der Waals surface area contributed by atoms with Gasteiger partial charge in [0.05, 0.1) is 0 Å². The third kappa shape index (κ3) is 1.94. The van der Waals surface area contributed by atoms with E-state index in [0.717, 1.165) is 11.3 Å². The van der Waals surface area contributed by atoms with Gasteiger partial charge in [0.15, 0.2) is 4.73 Å². The van der Waals surface area contributed by atoms with E-state index in [1.54, 1.807) is 0 Å². The summed E-state index contributed by atoms with van der Waals surface area (Å²) in [6, 6.07) is 0.593. The molecule has 0 amide bonds. The number of hydrogen-bond acceptors (Lipinski definition) is 2. The zero-order valence-corrected chi connectivity index (χ0v) is 9.37. The Labute approximate surface area is 86.9 Å². The van der Waals surface area contributed by atoms with Gasteiger partial charge in [-0.1, -0.05) is 0 Å². The molecular formula is C9H14BrN3. The number of likely N-dealkylation sites (tertiary alicyclic amines) is 1. The van der Waals surface area contributed by atoms with Gasteiger partial charge in [-0.15, -0.1) is 0 Å². The molecule has 3 nitrogen and oxygen atoms in total. The van der Waals surface area contributed by atoms with Crippen molar-refractivity contribution in [3.63, 3.8) is 0 Å². The zero-order chi connectivity index (χ0) is 9.26. The number of aromatic nitrogens is 2. The Kier molecular flexibility index (Phi) is 2.69. The van der Waals surface area contributed by atoms with E-state index in [2.05, 4.69) is 37.4 Å². The number of nitrogens with zero attached hydrogens (tertiary/aromatic N) is 3. The molecule has 72 valence electrons. The maximum Gasteiger partial charge on any atom is 0.177 e. The van der Waals surface area contributed by atoms with Gasteiger partial charge in [-0.3, -0.25) is 0 Å². The second-order valence-electron chi connectivity index (χ2n) is 3.66. The molecule has 1 aliphatic rings. The first-order valence-electron chi connectivity index (χ1n) is 4.64. The number of rotatable bonds is 1. The van der Waals surface area contributed by atoms with Crippen LogP contribution < -0.4 is 0 Å². The number of halogens is 1. The van der Waals surface area contributed by atoms with E-state index in [0.29, 0.717) is 6.04 Å². The van der Waals surface area contributed by atoms with Gasteiger partial charge in [0.2, 0.25) is 0 Å². The molecular weight excluding hydrogens is 230 g/mol. The number of likely N-dealkylation sites (N-methyl/N-ethyl adjacent to an activating group) is 1. The highest BCUT2D eigenvalue weighted by atomic mass is 79.9. The molecule has 0 aliphatic carbocycles. The zero-order valence-electron chi connectivity index (χ0n) is 7.78. The molecule has 13 heavy (non-hydrogen) atoms. The summed E-state index contributed by atoms with van der Waals surface area (Å²) in [7, 11) is 2.18. The maximum atomic E-state index is 4.18. The minimum atomic E-state index is 0.593. The van der Waals surface area contributed by atoms with Crippen molar-refractivity contribution >= 4 is 15.9 Å². The summed E-state index contributed by atoms with van der Waals surface area (Å²) in [5.74, 6) is 0. The summed E-state index contributed by atoms with van der Waals surface area (Å²) >= 11 is 3.46. The summed E-state index contributed by atoms with van der Waals surface area (Å²) in [6.45, 7) is 2.36. The lowest BCUT2D eigenvalue weighted by Crippen LogP contribution is -2.33. The van der Waals surface area contributed by atoms with Gasteiger partial charge < -0.3 is 9.47 Å². The summed E-state index contributed by atoms with van der Waals surface area (Å²) < 4.78 is 3.17. The summed E-state index contributed by atoms with van der Waals surface area (Å²) in [5, 5.41) is 0. The highest BCUT2D eigenvalue weighted by Crippen LogP contribution is 2.23. The topological polar surface area (TPSA) is 21.1 Å². The first-order chi connectivity index (χ1) is 6.27. The molecule has 0 N–H and O–H groups in total. The van der Waals surface area contributed by atoms with Gasteiger partial charge in [0.1, 0.15) is 0 Å². The fourth-order valence-corrected chi connectivity index (χ4v) is 2.46. The van der Waals surface area contributed by atoms with E-state index in [1.165, 1.54) is 19.4 Å². The Balaban J connectivity index is 2.12. The van der Waals surface area contributed by atoms with E-state index in [9.17, 15) is 0 Å². The predicted octanol–water partition coefficient (Wildman–Crippen LogP) is 1.91. The van der Waals surface area contributed by atoms with Gasteiger partial charge in [-0.25, -0.2) is 4.98 Å². The molecule has 0 spiro atoms. The fraction of sp³-hybridized carbons (Fsp3) is 0.667. The van der Waals surface area contributed by atoms with Crippen LogP contribution in [0, 0.1) is 0 Å². The number of piperidine rings is 1. The molecule has 0 bridgehead atoms. The van der Waals surface area contributed by atoms with Crippen LogP contribution >= 0.6 is 15.9 Å². The van der Waals surface area contributed by atoms with Crippen molar-refractivity contribution in [3.8, 4) is 0 Å². The van der Waals surface area contributed by atoms with Crippen molar-refractivity contribution in [2.24, 2.45) is 0 Å². The fourth-order valence-electron chi connectivity index (χ4n) is 1.93. The molecule has 2 rings (SSSR count). The second kappa shape index (κ2) is 3.80. The largest absolute Gasteiger partial charge is 0.321 e. The Morgan fingerprint density at radius 1 is 1.62 bits per heavy atom. The van der Waals surface area contributed by atoms with Crippen molar-refractivity contribution in [2.75, 3.05) is 20.1 Å². The van der Waals surface area contributed by atoms with Crippen LogP contribution in [0.15, 0.2) is 17.1 Å². The summed E-state index contributed by atoms with van der Waals surface area (Å²) in [5.41, 5.74) is 0. The van der Waals surface area contributed by atoms with Crippen molar-refractivity contribution in [1.29, 1.82) is 0 Å². The molecule has 0 aromatic carbocycles. The smallest absolute Gasteiger partial charge is 0.177 e. The standard InChI is InChI=1S/C9H14BrN3/c1-12-5-2-3-8(7-12)13-6-4-11-9(13)10/h4,6,8H,2-3,5,7H2,1H3. The minimum absolute atomic E-state index is 0.593. The van der Waals surface area contributed by atoms with Crippen LogP contribution in [0.25, 0.3) is 0 Å². The van der Waals surface area contributed by atoms with E-state index in [4.69, 9.17) is 0 Å². The maximum absolute atomic E-state index is 4.18. The predicted molar refractivity (Wildman–Crippen MR) is 55.7 cm³/mol. The second-order valence-corrected chi connectivity index (χ2v) is 4.37. The Morgan fingerprint density at radius 3 is 3.08 bits per heavy atom. The first kappa shape index (κ1) is 9.21. The lowest BCUT2D eigenvalue weighted by Gasteiger charge is -2.30. The minimum Gasteiger partial charge on any atom is -0.321 e. The van der Waals surface area contributed by atoms with Crippen LogP contribution in [-0.2, 0) is 0 Å². The van der Waals surface area contributed by atoms with Gasteiger partial charge >= 0.3 is 0 Å². The third-order valence-corrected chi connectivity index (χ3v) is 3.23. The number of hydrogen-bond donors (Lipinski definition) is 0. The Hall–Kier alpha value is -0.350. The molecule has 1 saturated heterocycles. The van der Waals surface area contributed by atoms with Crippen molar-refractivity contribution in [2.45, 2.75) is 18.9 Å².